The van der Waals surface area contributed by atoms with E-state index in [2.05, 4.69) is 34.6 Å². The molecule has 0 unspecified atom stereocenters. The summed E-state index contributed by atoms with van der Waals surface area (Å²) in [6.45, 7) is 5.90. The Morgan fingerprint density at radius 1 is 1.50 bits per heavy atom. The monoisotopic (exact) mass is 217 g/mol. The predicted octanol–water partition coefficient (Wildman–Crippen LogP) is 1.74. The van der Waals surface area contributed by atoms with E-state index >= 15 is 0 Å². The third kappa shape index (κ3) is 1.19. The zero-order valence-electron chi connectivity index (χ0n) is 9.60. The Balaban J connectivity index is 2.24. The lowest BCUT2D eigenvalue weighted by molar-refractivity contribution is -0.0877. The molecule has 16 heavy (non-hydrogen) atoms. The van der Waals surface area contributed by atoms with Crippen LogP contribution in [-0.4, -0.2) is 27.7 Å². The van der Waals surface area contributed by atoms with Gasteiger partial charge in [0.25, 0.3) is 0 Å². The van der Waals surface area contributed by atoms with Crippen LogP contribution < -0.4 is 0 Å². The Morgan fingerprint density at radius 2 is 2.31 bits per heavy atom. The van der Waals surface area contributed by atoms with E-state index in [1.54, 1.807) is 6.33 Å². The fourth-order valence-corrected chi connectivity index (χ4v) is 2.26. The first-order valence-corrected chi connectivity index (χ1v) is 5.63. The first kappa shape index (κ1) is 9.78. The maximum atomic E-state index is 5.32. The van der Waals surface area contributed by atoms with Gasteiger partial charge in [-0.3, -0.25) is 0 Å². The summed E-state index contributed by atoms with van der Waals surface area (Å²) in [6, 6.07) is 0. The van der Waals surface area contributed by atoms with Crippen molar-refractivity contribution < 1.29 is 4.74 Å². The maximum Gasteiger partial charge on any atom is 0.144 e. The van der Waals surface area contributed by atoms with Gasteiger partial charge in [0, 0.05) is 17.8 Å². The molecular formula is C12H15N3O. The fourth-order valence-electron chi connectivity index (χ4n) is 2.26. The summed E-state index contributed by atoms with van der Waals surface area (Å²) in [6.07, 6.45) is 6.72. The van der Waals surface area contributed by atoms with Crippen LogP contribution in [-0.2, 0) is 16.7 Å². The first-order chi connectivity index (χ1) is 7.74. The second kappa shape index (κ2) is 3.28. The molecule has 1 fully saturated rings. The van der Waals surface area contributed by atoms with Gasteiger partial charge in [0.2, 0.25) is 0 Å². The summed E-state index contributed by atoms with van der Waals surface area (Å²) in [5.74, 6) is 0. The molecule has 2 aromatic heterocycles. The third-order valence-electron chi connectivity index (χ3n) is 3.34. The number of hydrogen-bond donors (Lipinski definition) is 0. The first-order valence-electron chi connectivity index (χ1n) is 5.63. The molecule has 0 atom stereocenters. The lowest BCUT2D eigenvalue weighted by Gasteiger charge is -2.39. The summed E-state index contributed by atoms with van der Waals surface area (Å²) in [5.41, 5.74) is 2.40. The van der Waals surface area contributed by atoms with Crippen molar-refractivity contribution in [2.24, 2.45) is 0 Å². The predicted molar refractivity (Wildman–Crippen MR) is 61.4 cm³/mol. The highest BCUT2D eigenvalue weighted by Crippen LogP contribution is 2.31. The van der Waals surface area contributed by atoms with E-state index in [9.17, 15) is 0 Å². The van der Waals surface area contributed by atoms with Gasteiger partial charge in [0.15, 0.2) is 0 Å². The SMILES string of the molecule is CCc1cn(C2(C)COC2)c2ncncc12. The number of aromatic nitrogens is 3. The quantitative estimate of drug-likeness (QED) is 0.769. The zero-order chi connectivity index (χ0) is 11.2. The molecule has 1 saturated heterocycles. The topological polar surface area (TPSA) is 39.9 Å². The van der Waals surface area contributed by atoms with Crippen molar-refractivity contribution in [2.45, 2.75) is 25.8 Å². The highest BCUT2D eigenvalue weighted by molar-refractivity contribution is 5.79. The molecule has 0 N–H and O–H groups in total. The van der Waals surface area contributed by atoms with E-state index in [1.165, 1.54) is 5.56 Å². The molecule has 1 aliphatic heterocycles. The van der Waals surface area contributed by atoms with Gasteiger partial charge in [0.1, 0.15) is 12.0 Å². The second-order valence-electron chi connectivity index (χ2n) is 4.63. The Labute approximate surface area is 94.3 Å². The summed E-state index contributed by atoms with van der Waals surface area (Å²) in [4.78, 5) is 8.50. The van der Waals surface area contributed by atoms with Crippen LogP contribution in [0.25, 0.3) is 11.0 Å². The molecule has 3 heterocycles. The Morgan fingerprint density at radius 3 is 2.94 bits per heavy atom. The molecule has 0 bridgehead atoms. The van der Waals surface area contributed by atoms with Crippen LogP contribution in [0, 0.1) is 0 Å². The summed E-state index contributed by atoms with van der Waals surface area (Å²) in [7, 11) is 0. The minimum Gasteiger partial charge on any atom is -0.376 e. The second-order valence-corrected chi connectivity index (χ2v) is 4.63. The normalized spacial score (nSPS) is 18.6. The van der Waals surface area contributed by atoms with E-state index in [0.29, 0.717) is 0 Å². The molecule has 0 aliphatic carbocycles. The maximum absolute atomic E-state index is 5.32. The molecule has 3 rings (SSSR count). The molecule has 4 heteroatoms. The number of nitrogens with zero attached hydrogens (tertiary/aromatic N) is 3. The molecular weight excluding hydrogens is 202 g/mol. The molecule has 0 aromatic carbocycles. The smallest absolute Gasteiger partial charge is 0.144 e. The largest absolute Gasteiger partial charge is 0.376 e. The zero-order valence-corrected chi connectivity index (χ0v) is 9.60. The lowest BCUT2D eigenvalue weighted by atomic mass is 10.0. The van der Waals surface area contributed by atoms with Crippen LogP contribution >= 0.6 is 0 Å². The Bertz CT molecular complexity index is 528. The minimum absolute atomic E-state index is 0.0695. The average molecular weight is 217 g/mol. The van der Waals surface area contributed by atoms with E-state index in [0.717, 1.165) is 30.7 Å². The van der Waals surface area contributed by atoms with Crippen molar-refractivity contribution in [1.29, 1.82) is 0 Å². The van der Waals surface area contributed by atoms with Crippen molar-refractivity contribution in [3.05, 3.63) is 24.3 Å². The van der Waals surface area contributed by atoms with E-state index < -0.39 is 0 Å². The molecule has 0 spiro atoms. The molecule has 2 aromatic rings. The van der Waals surface area contributed by atoms with Gasteiger partial charge < -0.3 is 9.30 Å². The van der Waals surface area contributed by atoms with Gasteiger partial charge in [-0.05, 0) is 18.9 Å². The Kier molecular flexibility index (Phi) is 2.01. The highest BCUT2D eigenvalue weighted by Gasteiger charge is 2.36. The summed E-state index contributed by atoms with van der Waals surface area (Å²) >= 11 is 0. The van der Waals surface area contributed by atoms with Gasteiger partial charge in [-0.1, -0.05) is 6.92 Å². The van der Waals surface area contributed by atoms with E-state index in [1.807, 2.05) is 6.20 Å². The lowest BCUT2D eigenvalue weighted by Crippen LogP contribution is -2.48. The van der Waals surface area contributed by atoms with E-state index in [4.69, 9.17) is 4.74 Å². The molecule has 0 amide bonds. The highest BCUT2D eigenvalue weighted by atomic mass is 16.5. The van der Waals surface area contributed by atoms with Gasteiger partial charge in [-0.2, -0.15) is 0 Å². The molecule has 4 nitrogen and oxygen atoms in total. The van der Waals surface area contributed by atoms with Crippen molar-refractivity contribution in [3.8, 4) is 0 Å². The standard InChI is InChI=1S/C12H15N3O/c1-3-9-5-15(12(2)6-16-7-12)11-10(9)4-13-8-14-11/h4-5,8H,3,6-7H2,1-2H3. The molecule has 0 saturated carbocycles. The van der Waals surface area contributed by atoms with Crippen molar-refractivity contribution >= 4 is 11.0 Å². The van der Waals surface area contributed by atoms with Crippen LogP contribution in [0.3, 0.4) is 0 Å². The number of aryl methyl sites for hydroxylation is 1. The van der Waals surface area contributed by atoms with E-state index in [-0.39, 0.29) is 5.54 Å². The molecule has 0 radical (unpaired) electrons. The fraction of sp³-hybridized carbons (Fsp3) is 0.500. The summed E-state index contributed by atoms with van der Waals surface area (Å²) in [5, 5.41) is 1.16. The van der Waals surface area contributed by atoms with Crippen LogP contribution in [0.15, 0.2) is 18.7 Å². The Hall–Kier alpha value is -1.42. The van der Waals surface area contributed by atoms with Crippen LogP contribution in [0.5, 0.6) is 0 Å². The number of hydrogen-bond acceptors (Lipinski definition) is 3. The number of rotatable bonds is 2. The third-order valence-corrected chi connectivity index (χ3v) is 3.34. The molecule has 84 valence electrons. The van der Waals surface area contributed by atoms with Crippen molar-refractivity contribution in [1.82, 2.24) is 14.5 Å². The summed E-state index contributed by atoms with van der Waals surface area (Å²) < 4.78 is 7.56. The molecule has 1 aliphatic rings. The van der Waals surface area contributed by atoms with Crippen molar-refractivity contribution in [3.63, 3.8) is 0 Å². The minimum atomic E-state index is 0.0695. The van der Waals surface area contributed by atoms with Crippen LogP contribution in [0.4, 0.5) is 0 Å². The van der Waals surface area contributed by atoms with Crippen LogP contribution in [0.2, 0.25) is 0 Å². The van der Waals surface area contributed by atoms with Gasteiger partial charge in [-0.25, -0.2) is 9.97 Å². The van der Waals surface area contributed by atoms with Gasteiger partial charge in [0.05, 0.1) is 18.8 Å². The number of ether oxygens (including phenoxy) is 1. The average Bonchev–Trinajstić information content (AvgIpc) is 2.65. The van der Waals surface area contributed by atoms with Crippen molar-refractivity contribution in [2.75, 3.05) is 13.2 Å². The van der Waals surface area contributed by atoms with Gasteiger partial charge >= 0.3 is 0 Å². The van der Waals surface area contributed by atoms with Crippen LogP contribution in [0.1, 0.15) is 19.4 Å². The van der Waals surface area contributed by atoms with Gasteiger partial charge in [-0.15, -0.1) is 0 Å². The number of fused-ring (bicyclic) bond motifs is 1.